The van der Waals surface area contributed by atoms with E-state index in [1.54, 1.807) is 0 Å². The molecule has 0 aliphatic carbocycles. The number of rotatable bonds is 3. The van der Waals surface area contributed by atoms with Crippen molar-refractivity contribution in [2.24, 2.45) is 0 Å². The van der Waals surface area contributed by atoms with Crippen molar-refractivity contribution in [2.75, 3.05) is 6.61 Å². The molecule has 0 atom stereocenters. The topological polar surface area (TPSA) is 39.2 Å². The van der Waals surface area contributed by atoms with Crippen LogP contribution < -0.4 is 0 Å². The summed E-state index contributed by atoms with van der Waals surface area (Å²) < 4.78 is 54.5. The van der Waals surface area contributed by atoms with Crippen molar-refractivity contribution in [3.63, 3.8) is 0 Å². The van der Waals surface area contributed by atoms with Crippen LogP contribution in [0.5, 0.6) is 0 Å². The van der Waals surface area contributed by atoms with E-state index < -0.39 is 35.4 Å². The predicted molar refractivity (Wildman–Crippen MR) is 45.1 cm³/mol. The molecule has 1 rings (SSSR count). The molecule has 0 unspecified atom stereocenters. The lowest BCUT2D eigenvalue weighted by Gasteiger charge is -2.05. The van der Waals surface area contributed by atoms with Crippen molar-refractivity contribution < 1.29 is 27.1 Å². The number of aromatic nitrogens is 1. The van der Waals surface area contributed by atoms with Gasteiger partial charge in [-0.25, -0.2) is 27.3 Å². The molecule has 0 N–H and O–H groups in total. The van der Waals surface area contributed by atoms with Crippen LogP contribution in [0.2, 0.25) is 0 Å². The zero-order chi connectivity index (χ0) is 12.3. The molecule has 0 aliphatic rings. The van der Waals surface area contributed by atoms with Gasteiger partial charge in [0.2, 0.25) is 0 Å². The Labute approximate surface area is 88.0 Å². The van der Waals surface area contributed by atoms with E-state index in [4.69, 9.17) is 0 Å². The van der Waals surface area contributed by atoms with Crippen LogP contribution in [0, 0.1) is 11.6 Å². The van der Waals surface area contributed by atoms with E-state index in [0.717, 1.165) is 0 Å². The molecule has 0 radical (unpaired) electrons. The largest absolute Gasteiger partial charge is 0.461 e. The second kappa shape index (κ2) is 4.91. The second-order valence-electron chi connectivity index (χ2n) is 2.71. The number of ether oxygens (including phenoxy) is 1. The predicted octanol–water partition coefficient (Wildman–Crippen LogP) is 2.47. The van der Waals surface area contributed by atoms with Gasteiger partial charge in [-0.15, -0.1) is 0 Å². The van der Waals surface area contributed by atoms with Crippen molar-refractivity contribution in [3.05, 3.63) is 29.1 Å². The Bertz CT molecular complexity index is 409. The highest BCUT2D eigenvalue weighted by atomic mass is 19.3. The normalized spacial score (nSPS) is 10.6. The van der Waals surface area contributed by atoms with E-state index in [2.05, 4.69) is 9.72 Å². The van der Waals surface area contributed by atoms with Crippen LogP contribution in [0.15, 0.2) is 6.07 Å². The smallest absolute Gasteiger partial charge is 0.357 e. The average Bonchev–Trinajstić information content (AvgIpc) is 2.21. The summed E-state index contributed by atoms with van der Waals surface area (Å²) in [7, 11) is 0. The molecule has 7 heteroatoms. The number of esters is 1. The Morgan fingerprint density at radius 1 is 1.50 bits per heavy atom. The number of carbonyl (C=O) groups is 1. The molecule has 1 aromatic heterocycles. The van der Waals surface area contributed by atoms with Gasteiger partial charge in [0.05, 0.1) is 6.61 Å². The number of hydrogen-bond donors (Lipinski definition) is 0. The molecule has 0 bridgehead atoms. The van der Waals surface area contributed by atoms with Crippen molar-refractivity contribution in [3.8, 4) is 0 Å². The molecular formula is C9H7F4NO2. The van der Waals surface area contributed by atoms with Gasteiger partial charge in [0.1, 0.15) is 5.69 Å². The van der Waals surface area contributed by atoms with Crippen LogP contribution in [0.25, 0.3) is 0 Å². The fourth-order valence-electron chi connectivity index (χ4n) is 0.971. The standard InChI is InChI=1S/C9H7F4NO2/c1-2-16-9(15)5-3-4(10)6(11)7(14-5)8(12)13/h3,8H,2H2,1H3. The Morgan fingerprint density at radius 3 is 2.62 bits per heavy atom. The molecule has 0 saturated heterocycles. The highest BCUT2D eigenvalue weighted by Gasteiger charge is 2.23. The van der Waals surface area contributed by atoms with Gasteiger partial charge in [-0.1, -0.05) is 0 Å². The van der Waals surface area contributed by atoms with E-state index in [-0.39, 0.29) is 6.61 Å². The zero-order valence-corrected chi connectivity index (χ0v) is 8.14. The molecule has 0 aromatic carbocycles. The number of alkyl halides is 2. The maximum Gasteiger partial charge on any atom is 0.357 e. The number of halogens is 4. The Kier molecular flexibility index (Phi) is 3.81. The lowest BCUT2D eigenvalue weighted by atomic mass is 10.2. The fraction of sp³-hybridized carbons (Fsp3) is 0.333. The maximum absolute atomic E-state index is 12.8. The Balaban J connectivity index is 3.18. The van der Waals surface area contributed by atoms with Gasteiger partial charge in [-0.3, -0.25) is 0 Å². The lowest BCUT2D eigenvalue weighted by molar-refractivity contribution is 0.0516. The van der Waals surface area contributed by atoms with Gasteiger partial charge in [0.25, 0.3) is 6.43 Å². The molecule has 1 heterocycles. The molecule has 0 amide bonds. The second-order valence-corrected chi connectivity index (χ2v) is 2.71. The van der Waals surface area contributed by atoms with Crippen LogP contribution in [-0.2, 0) is 4.74 Å². The van der Waals surface area contributed by atoms with Crippen molar-refractivity contribution >= 4 is 5.97 Å². The molecule has 1 aromatic rings. The molecule has 0 fully saturated rings. The summed E-state index contributed by atoms with van der Waals surface area (Å²) in [6, 6.07) is 0.416. The number of pyridine rings is 1. The highest BCUT2D eigenvalue weighted by molar-refractivity contribution is 5.87. The summed E-state index contributed by atoms with van der Waals surface area (Å²) in [5.74, 6) is -4.40. The van der Waals surface area contributed by atoms with Gasteiger partial charge in [-0.2, -0.15) is 0 Å². The minimum atomic E-state index is -3.30. The number of carbonyl (C=O) groups excluding carboxylic acids is 1. The highest BCUT2D eigenvalue weighted by Crippen LogP contribution is 2.22. The third-order valence-electron chi connectivity index (χ3n) is 1.63. The zero-order valence-electron chi connectivity index (χ0n) is 8.14. The van der Waals surface area contributed by atoms with Crippen LogP contribution in [0.1, 0.15) is 29.5 Å². The molecule has 88 valence electrons. The summed E-state index contributed by atoms with van der Waals surface area (Å²) in [4.78, 5) is 14.1. The first-order valence-corrected chi connectivity index (χ1v) is 4.28. The molecule has 16 heavy (non-hydrogen) atoms. The van der Waals surface area contributed by atoms with Crippen LogP contribution in [0.3, 0.4) is 0 Å². The van der Waals surface area contributed by atoms with Crippen molar-refractivity contribution in [1.29, 1.82) is 0 Å². The van der Waals surface area contributed by atoms with E-state index in [1.165, 1.54) is 6.92 Å². The Morgan fingerprint density at radius 2 is 2.12 bits per heavy atom. The lowest BCUT2D eigenvalue weighted by Crippen LogP contribution is -2.11. The van der Waals surface area contributed by atoms with Gasteiger partial charge in [-0.05, 0) is 6.92 Å². The molecule has 0 saturated carbocycles. The first-order chi connectivity index (χ1) is 7.47. The minimum Gasteiger partial charge on any atom is -0.461 e. The van der Waals surface area contributed by atoms with Crippen molar-refractivity contribution in [1.82, 2.24) is 4.98 Å². The summed E-state index contributed by atoms with van der Waals surface area (Å²) in [5, 5.41) is 0. The number of nitrogens with zero attached hydrogens (tertiary/aromatic N) is 1. The summed E-state index contributed by atoms with van der Waals surface area (Å²) >= 11 is 0. The average molecular weight is 237 g/mol. The number of hydrogen-bond acceptors (Lipinski definition) is 3. The molecule has 3 nitrogen and oxygen atoms in total. The van der Waals surface area contributed by atoms with Crippen LogP contribution >= 0.6 is 0 Å². The Hall–Kier alpha value is -1.66. The van der Waals surface area contributed by atoms with Gasteiger partial charge in [0.15, 0.2) is 17.3 Å². The fourth-order valence-corrected chi connectivity index (χ4v) is 0.971. The van der Waals surface area contributed by atoms with Gasteiger partial charge < -0.3 is 4.74 Å². The van der Waals surface area contributed by atoms with Gasteiger partial charge >= 0.3 is 5.97 Å². The molecular weight excluding hydrogens is 230 g/mol. The first-order valence-electron chi connectivity index (χ1n) is 4.28. The third-order valence-corrected chi connectivity index (χ3v) is 1.63. The van der Waals surface area contributed by atoms with E-state index in [1.807, 2.05) is 0 Å². The van der Waals surface area contributed by atoms with Crippen molar-refractivity contribution in [2.45, 2.75) is 13.3 Å². The monoisotopic (exact) mass is 237 g/mol. The summed E-state index contributed by atoms with van der Waals surface area (Å²) in [6.07, 6.45) is -3.30. The van der Waals surface area contributed by atoms with Crippen LogP contribution in [0.4, 0.5) is 17.6 Å². The van der Waals surface area contributed by atoms with Crippen LogP contribution in [-0.4, -0.2) is 17.6 Å². The quantitative estimate of drug-likeness (QED) is 0.598. The van der Waals surface area contributed by atoms with Gasteiger partial charge in [0, 0.05) is 6.07 Å². The van der Waals surface area contributed by atoms with E-state index >= 15 is 0 Å². The first kappa shape index (κ1) is 12.4. The summed E-state index contributed by atoms with van der Waals surface area (Å²) in [6.45, 7) is 1.45. The van der Waals surface area contributed by atoms with E-state index in [0.29, 0.717) is 6.07 Å². The molecule has 0 spiro atoms. The maximum atomic E-state index is 12.8. The summed E-state index contributed by atoms with van der Waals surface area (Å²) in [5.41, 5.74) is -2.08. The molecule has 0 aliphatic heterocycles. The third kappa shape index (κ3) is 2.47. The SMILES string of the molecule is CCOC(=O)c1cc(F)c(F)c(C(F)F)n1. The minimum absolute atomic E-state index is 0.0243. The van der Waals surface area contributed by atoms with E-state index in [9.17, 15) is 22.4 Å².